The lowest BCUT2D eigenvalue weighted by molar-refractivity contribution is 0.0997. The first-order chi connectivity index (χ1) is 17.5. The smallest absolute Gasteiger partial charge is 0.296 e. The van der Waals surface area contributed by atoms with E-state index < -0.39 is 40.4 Å². The van der Waals surface area contributed by atoms with Gasteiger partial charge in [-0.05, 0) is 49.4 Å². The molecule has 0 atom stereocenters. The predicted octanol–water partition coefficient (Wildman–Crippen LogP) is 4.00. The molecular formula is C23H24N2O5S2. The number of rotatable bonds is 10. The van der Waals surface area contributed by atoms with Crippen molar-refractivity contribution in [2.24, 2.45) is 5.73 Å². The third kappa shape index (κ3) is 6.25. The fourth-order valence-corrected chi connectivity index (χ4v) is 4.17. The Labute approximate surface area is 200 Å². The Morgan fingerprint density at radius 1 is 1.03 bits per heavy atom. The molecule has 0 radical (unpaired) electrons. The second kappa shape index (κ2) is 10.5. The molecule has 0 aliphatic rings. The summed E-state index contributed by atoms with van der Waals surface area (Å²) in [6, 6.07) is 15.7. The third-order valence-corrected chi connectivity index (χ3v) is 6.41. The summed E-state index contributed by atoms with van der Waals surface area (Å²) in [5.74, 6) is -1.26. The molecule has 7 nitrogen and oxygen atoms in total. The molecule has 0 saturated heterocycles. The zero-order valence-corrected chi connectivity index (χ0v) is 18.5. The molecule has 3 aromatic carbocycles. The number of anilines is 1. The number of nitrogen functional groups attached to an aromatic ring is 1. The summed E-state index contributed by atoms with van der Waals surface area (Å²) >= 11 is 1.11. The third-order valence-electron chi connectivity index (χ3n) is 4.09. The van der Waals surface area contributed by atoms with Crippen LogP contribution in [0.1, 0.15) is 30.5 Å². The first-order valence-electron chi connectivity index (χ1n) is 12.1. The van der Waals surface area contributed by atoms with Gasteiger partial charge in [-0.25, -0.2) is 0 Å². The average molecular weight is 479 g/mol. The lowest BCUT2D eigenvalue weighted by Crippen LogP contribution is -2.13. The van der Waals surface area contributed by atoms with E-state index in [1.165, 1.54) is 24.3 Å². The maximum atomic E-state index is 12.6. The highest BCUT2D eigenvalue weighted by Crippen LogP contribution is 2.35. The van der Waals surface area contributed by atoms with Crippen LogP contribution in [0.3, 0.4) is 0 Å². The number of primary amides is 1. The molecule has 3 aromatic rings. The van der Waals surface area contributed by atoms with Gasteiger partial charge in [0.2, 0.25) is 5.91 Å². The Morgan fingerprint density at radius 3 is 2.44 bits per heavy atom. The van der Waals surface area contributed by atoms with Gasteiger partial charge in [-0.3, -0.25) is 8.98 Å². The van der Waals surface area contributed by atoms with Crippen molar-refractivity contribution < 1.29 is 30.4 Å². The lowest BCUT2D eigenvalue weighted by atomic mass is 10.2. The van der Waals surface area contributed by atoms with Gasteiger partial charge in [0.15, 0.2) is 0 Å². The van der Waals surface area contributed by atoms with Gasteiger partial charge in [0.25, 0.3) is 10.1 Å². The van der Waals surface area contributed by atoms with Crippen molar-refractivity contribution in [2.45, 2.75) is 28.0 Å². The first-order valence-corrected chi connectivity index (χ1v) is 11.4. The molecule has 4 N–H and O–H groups in total. The molecule has 0 unspecified atom stereocenters. The van der Waals surface area contributed by atoms with Gasteiger partial charge < -0.3 is 16.2 Å². The zero-order valence-electron chi connectivity index (χ0n) is 22.9. The molecule has 0 bridgehead atoms. The van der Waals surface area contributed by atoms with Crippen LogP contribution in [-0.4, -0.2) is 27.4 Å². The van der Waals surface area contributed by atoms with Crippen molar-refractivity contribution in [3.8, 4) is 5.75 Å². The van der Waals surface area contributed by atoms with Crippen LogP contribution in [0.25, 0.3) is 0 Å². The van der Waals surface area contributed by atoms with Gasteiger partial charge in [0.1, 0.15) is 5.75 Å². The van der Waals surface area contributed by atoms with E-state index in [9.17, 15) is 13.2 Å². The Hall–Kier alpha value is -3.01. The zero-order chi connectivity index (χ0) is 28.5. The summed E-state index contributed by atoms with van der Waals surface area (Å²) < 4.78 is 83.1. The van der Waals surface area contributed by atoms with E-state index in [2.05, 4.69) is 4.18 Å². The van der Waals surface area contributed by atoms with E-state index in [1.54, 1.807) is 31.2 Å². The number of carbonyl (C=O) groups excluding carboxylic acids is 1. The van der Waals surface area contributed by atoms with Gasteiger partial charge in [0.05, 0.1) is 29.1 Å². The minimum absolute atomic E-state index is 0.0895. The number of benzene rings is 3. The topological polar surface area (TPSA) is 122 Å². The van der Waals surface area contributed by atoms with Crippen molar-refractivity contribution in [3.63, 3.8) is 0 Å². The highest BCUT2D eigenvalue weighted by molar-refractivity contribution is 7.99. The van der Waals surface area contributed by atoms with E-state index in [0.717, 1.165) is 35.5 Å². The molecule has 168 valence electrons. The Kier molecular flexibility index (Phi) is 5.47. The van der Waals surface area contributed by atoms with E-state index >= 15 is 0 Å². The molecular weight excluding hydrogens is 448 g/mol. The van der Waals surface area contributed by atoms with Crippen LogP contribution in [0.5, 0.6) is 5.75 Å². The number of para-hydroxylation sites is 1. The Bertz CT molecular complexity index is 1450. The van der Waals surface area contributed by atoms with Crippen LogP contribution in [0.15, 0.2) is 81.4 Å². The minimum Gasteiger partial charge on any atom is -0.493 e. The van der Waals surface area contributed by atoms with Crippen molar-refractivity contribution >= 4 is 33.5 Å². The standard InChI is InChI=1S/C23H24N2O5S2/c1-16-7-10-18(11-8-16)32(27,28)30-14-4-13-29-17-9-12-21(19(15-17)23(25)26)31-22-6-3-2-5-20(22)24/h2-3,5-12,15H,4,13-14,24H2,1H3,(H2,25,26)/i4D2,13D2,14D2. The van der Waals surface area contributed by atoms with E-state index in [1.807, 2.05) is 0 Å². The summed E-state index contributed by atoms with van der Waals surface area (Å²) in [6.07, 6.45) is -3.67. The van der Waals surface area contributed by atoms with Crippen LogP contribution < -0.4 is 16.2 Å². The summed E-state index contributed by atoms with van der Waals surface area (Å²) in [4.78, 5) is 12.6. The molecule has 1 amide bonds. The highest BCUT2D eigenvalue weighted by atomic mass is 32.2. The van der Waals surface area contributed by atoms with Crippen LogP contribution in [0.4, 0.5) is 5.69 Å². The van der Waals surface area contributed by atoms with Gasteiger partial charge in [-0.2, -0.15) is 8.42 Å². The molecule has 9 heteroatoms. The number of hydrogen-bond acceptors (Lipinski definition) is 7. The Morgan fingerprint density at radius 2 is 1.75 bits per heavy atom. The Balaban J connectivity index is 1.88. The van der Waals surface area contributed by atoms with Crippen molar-refractivity contribution in [1.29, 1.82) is 0 Å². The van der Waals surface area contributed by atoms with Crippen LogP contribution in [0.2, 0.25) is 0 Å². The second-order valence-corrected chi connectivity index (χ2v) is 9.07. The maximum Gasteiger partial charge on any atom is 0.296 e. The van der Waals surface area contributed by atoms with Gasteiger partial charge >= 0.3 is 0 Å². The molecule has 3 rings (SSSR count). The van der Waals surface area contributed by atoms with Crippen LogP contribution in [0, 0.1) is 6.92 Å². The van der Waals surface area contributed by atoms with Crippen molar-refractivity contribution in [1.82, 2.24) is 0 Å². The summed E-state index contributed by atoms with van der Waals surface area (Å²) in [7, 11) is -4.82. The van der Waals surface area contributed by atoms with Crippen LogP contribution in [-0.2, 0) is 14.3 Å². The quantitative estimate of drug-likeness (QED) is 0.333. The fraction of sp³-hybridized carbons (Fsp3) is 0.174. The van der Waals surface area contributed by atoms with E-state index in [4.69, 9.17) is 24.4 Å². The molecule has 0 aromatic heterocycles. The number of carbonyl (C=O) groups is 1. The molecule has 0 aliphatic carbocycles. The molecule has 0 saturated carbocycles. The van der Waals surface area contributed by atoms with Crippen LogP contribution >= 0.6 is 11.8 Å². The largest absolute Gasteiger partial charge is 0.493 e. The van der Waals surface area contributed by atoms with Gasteiger partial charge in [0, 0.05) is 24.6 Å². The van der Waals surface area contributed by atoms with Crippen molar-refractivity contribution in [2.75, 3.05) is 18.9 Å². The second-order valence-electron chi connectivity index (χ2n) is 6.44. The van der Waals surface area contributed by atoms with E-state index in [0.29, 0.717) is 15.5 Å². The molecule has 0 spiro atoms. The lowest BCUT2D eigenvalue weighted by Gasteiger charge is -2.12. The monoisotopic (exact) mass is 478 g/mol. The highest BCUT2D eigenvalue weighted by Gasteiger charge is 2.15. The molecule has 0 heterocycles. The fourth-order valence-electron chi connectivity index (χ4n) is 2.48. The number of aryl methyl sites for hydroxylation is 1. The summed E-state index contributed by atoms with van der Waals surface area (Å²) in [6.45, 7) is -5.49. The van der Waals surface area contributed by atoms with Crippen molar-refractivity contribution in [3.05, 3.63) is 77.9 Å². The molecule has 32 heavy (non-hydrogen) atoms. The number of hydrogen-bond donors (Lipinski definition) is 2. The number of ether oxygens (including phenoxy) is 1. The molecule has 0 aliphatic heterocycles. The van der Waals surface area contributed by atoms with Gasteiger partial charge in [-0.15, -0.1) is 0 Å². The maximum absolute atomic E-state index is 12.6. The predicted molar refractivity (Wildman–Crippen MR) is 124 cm³/mol. The minimum atomic E-state index is -4.82. The molecule has 0 fully saturated rings. The SMILES string of the molecule is [2H]C([2H])(Oc1ccc(Sc2ccccc2N)c(C(N)=O)c1)C([2H])([2H])C([2H])([2H])OS(=O)(=O)c1ccc(C)cc1. The van der Waals surface area contributed by atoms with Gasteiger partial charge in [-0.1, -0.05) is 41.6 Å². The van der Waals surface area contributed by atoms with E-state index in [-0.39, 0.29) is 11.3 Å². The summed E-state index contributed by atoms with van der Waals surface area (Å²) in [5, 5.41) is 0. The average Bonchev–Trinajstić information content (AvgIpc) is 2.80. The number of nitrogens with two attached hydrogens (primary N) is 2. The summed E-state index contributed by atoms with van der Waals surface area (Å²) in [5.41, 5.74) is 12.5. The first kappa shape index (κ1) is 16.6. The number of amides is 1. The normalized spacial score (nSPS) is 15.4.